The van der Waals surface area contributed by atoms with Crippen LogP contribution in [0.1, 0.15) is 26.7 Å². The number of carbonyl (C=O) groups is 2. The average molecular weight is 279 g/mol. The Labute approximate surface area is 111 Å². The van der Waals surface area contributed by atoms with Gasteiger partial charge in [0.2, 0.25) is 11.8 Å². The first-order valence-electron chi connectivity index (χ1n) is 5.31. The summed E-state index contributed by atoms with van der Waals surface area (Å²) in [6.07, 6.45) is 1.21. The first-order valence-corrected chi connectivity index (χ1v) is 7.28. The number of hydrogen-bond acceptors (Lipinski definition) is 5. The number of amides is 2. The third-order valence-corrected chi connectivity index (χ3v) is 5.79. The van der Waals surface area contributed by atoms with Crippen LogP contribution in [0.5, 0.6) is 0 Å². The lowest BCUT2D eigenvalue weighted by Crippen LogP contribution is -2.30. The van der Waals surface area contributed by atoms with E-state index in [1.165, 1.54) is 0 Å². The van der Waals surface area contributed by atoms with Gasteiger partial charge in [0, 0.05) is 22.2 Å². The normalized spacial score (nSPS) is 26.4. The highest BCUT2D eigenvalue weighted by Crippen LogP contribution is 2.32. The largest absolute Gasteiger partial charge is 0.295 e. The van der Waals surface area contributed by atoms with E-state index in [0.717, 1.165) is 6.42 Å². The third-order valence-electron chi connectivity index (χ3n) is 2.54. The smallest absolute Gasteiger partial charge is 0.240 e. The van der Waals surface area contributed by atoms with Crippen molar-refractivity contribution in [1.29, 1.82) is 0 Å². The van der Waals surface area contributed by atoms with E-state index < -0.39 is 0 Å². The quantitative estimate of drug-likeness (QED) is 0.528. The van der Waals surface area contributed by atoms with Gasteiger partial charge in [-0.05, 0) is 6.42 Å². The lowest BCUT2D eigenvalue weighted by atomic mass is 10.2. The van der Waals surface area contributed by atoms with Crippen LogP contribution in [0.25, 0.3) is 0 Å². The van der Waals surface area contributed by atoms with Gasteiger partial charge in [0.05, 0.1) is 5.25 Å². The second-order valence-electron chi connectivity index (χ2n) is 3.92. The summed E-state index contributed by atoms with van der Waals surface area (Å²) in [6.45, 7) is 4.05. The molecule has 0 saturated carbocycles. The van der Waals surface area contributed by atoms with Crippen LogP contribution in [0.3, 0.4) is 0 Å². The Morgan fingerprint density at radius 3 is 2.50 bits per heavy atom. The first-order chi connectivity index (χ1) is 7.45. The molecule has 1 N–H and O–H groups in total. The van der Waals surface area contributed by atoms with E-state index in [0.29, 0.717) is 6.42 Å². The number of thioether (sulfide) groups is 1. The fourth-order valence-corrected chi connectivity index (χ4v) is 3.77. The molecule has 1 aliphatic rings. The number of nitrogens with one attached hydrogen (secondary N) is 1. The summed E-state index contributed by atoms with van der Waals surface area (Å²) in [7, 11) is 0. The third kappa shape index (κ3) is 3.60. The van der Waals surface area contributed by atoms with Crippen molar-refractivity contribution in [3.8, 4) is 0 Å². The zero-order valence-electron chi connectivity index (χ0n) is 9.34. The number of rotatable bonds is 5. The van der Waals surface area contributed by atoms with Crippen molar-refractivity contribution >= 4 is 48.8 Å². The van der Waals surface area contributed by atoms with Gasteiger partial charge in [-0.25, -0.2) is 0 Å². The van der Waals surface area contributed by atoms with E-state index in [2.05, 4.69) is 37.5 Å². The van der Waals surface area contributed by atoms with Crippen LogP contribution in [0.15, 0.2) is 0 Å². The van der Waals surface area contributed by atoms with Gasteiger partial charge in [-0.3, -0.25) is 14.9 Å². The molecule has 2 amide bonds. The molecule has 0 aliphatic carbocycles. The van der Waals surface area contributed by atoms with E-state index in [1.54, 1.807) is 11.8 Å². The SMILES string of the molecule is CC[C@@H](SC1CC(=O)NC1=O)[C@@H](S)[C@H](C)S. The number of thiol groups is 2. The summed E-state index contributed by atoms with van der Waals surface area (Å²) in [5.74, 6) is -0.340. The van der Waals surface area contributed by atoms with Crippen LogP contribution in [-0.2, 0) is 9.59 Å². The van der Waals surface area contributed by atoms with Crippen molar-refractivity contribution in [2.45, 2.75) is 47.7 Å². The molecule has 16 heavy (non-hydrogen) atoms. The van der Waals surface area contributed by atoms with Crippen molar-refractivity contribution in [2.75, 3.05) is 0 Å². The maximum atomic E-state index is 11.4. The topological polar surface area (TPSA) is 46.2 Å². The molecule has 92 valence electrons. The Bertz CT molecular complexity index is 283. The fraction of sp³-hybridized carbons (Fsp3) is 0.800. The highest BCUT2D eigenvalue weighted by Gasteiger charge is 2.34. The van der Waals surface area contributed by atoms with Crippen molar-refractivity contribution < 1.29 is 9.59 Å². The molecule has 1 saturated heterocycles. The highest BCUT2D eigenvalue weighted by atomic mass is 32.2. The number of hydrogen-bond donors (Lipinski definition) is 3. The molecule has 0 aromatic heterocycles. The van der Waals surface area contributed by atoms with Gasteiger partial charge in [-0.15, -0.1) is 11.8 Å². The van der Waals surface area contributed by atoms with Crippen molar-refractivity contribution in [2.24, 2.45) is 0 Å². The Hall–Kier alpha value is 0.190. The predicted octanol–water partition coefficient (Wildman–Crippen LogP) is 1.53. The highest BCUT2D eigenvalue weighted by molar-refractivity contribution is 8.02. The molecule has 1 rings (SSSR count). The van der Waals surface area contributed by atoms with Crippen molar-refractivity contribution in [1.82, 2.24) is 5.32 Å². The van der Waals surface area contributed by atoms with Gasteiger partial charge in [-0.1, -0.05) is 13.8 Å². The van der Waals surface area contributed by atoms with E-state index >= 15 is 0 Å². The Kier molecular flexibility index (Phi) is 5.53. The zero-order valence-corrected chi connectivity index (χ0v) is 11.9. The first kappa shape index (κ1) is 14.3. The summed E-state index contributed by atoms with van der Waals surface area (Å²) in [5, 5.41) is 2.61. The fourth-order valence-electron chi connectivity index (χ4n) is 1.58. The molecule has 0 bridgehead atoms. The van der Waals surface area contributed by atoms with Crippen LogP contribution in [-0.4, -0.2) is 32.8 Å². The zero-order chi connectivity index (χ0) is 12.3. The van der Waals surface area contributed by atoms with Gasteiger partial charge < -0.3 is 0 Å². The Morgan fingerprint density at radius 2 is 2.12 bits per heavy atom. The minimum absolute atomic E-state index is 0.127. The molecular formula is C10H17NO2S3. The van der Waals surface area contributed by atoms with E-state index in [-0.39, 0.29) is 32.8 Å². The van der Waals surface area contributed by atoms with E-state index in [4.69, 9.17) is 0 Å². The van der Waals surface area contributed by atoms with Crippen LogP contribution in [0.4, 0.5) is 0 Å². The summed E-state index contributed by atoms with van der Waals surface area (Å²) in [4.78, 5) is 22.5. The van der Waals surface area contributed by atoms with E-state index in [1.807, 2.05) is 6.92 Å². The summed E-state index contributed by atoms with van der Waals surface area (Å²) >= 11 is 10.4. The Morgan fingerprint density at radius 1 is 1.50 bits per heavy atom. The summed E-state index contributed by atoms with van der Waals surface area (Å²) in [5.41, 5.74) is 0. The van der Waals surface area contributed by atoms with Crippen LogP contribution in [0.2, 0.25) is 0 Å². The molecule has 6 heteroatoms. The van der Waals surface area contributed by atoms with Gasteiger partial charge in [0.25, 0.3) is 0 Å². The Balaban J connectivity index is 2.57. The van der Waals surface area contributed by atoms with Gasteiger partial charge >= 0.3 is 0 Å². The van der Waals surface area contributed by atoms with Gasteiger partial charge in [0.1, 0.15) is 0 Å². The van der Waals surface area contributed by atoms with Crippen molar-refractivity contribution in [3.63, 3.8) is 0 Å². The van der Waals surface area contributed by atoms with Crippen LogP contribution in [0, 0.1) is 0 Å². The summed E-state index contributed by atoms with van der Waals surface area (Å²) < 4.78 is 0. The molecule has 1 aliphatic heterocycles. The monoisotopic (exact) mass is 279 g/mol. The standard InChI is InChI=1S/C10H17NO2S3/c1-3-6(9(15)5(2)14)16-7-4-8(12)11-10(7)13/h5-7,9,14-15H,3-4H2,1-2H3,(H,11,12,13)/t5-,6+,7?,9-/m0/s1. The molecule has 3 nitrogen and oxygen atoms in total. The molecule has 4 atom stereocenters. The van der Waals surface area contributed by atoms with Crippen LogP contribution < -0.4 is 5.32 Å². The lowest BCUT2D eigenvalue weighted by molar-refractivity contribution is -0.124. The molecule has 1 heterocycles. The molecule has 0 aromatic rings. The van der Waals surface area contributed by atoms with E-state index in [9.17, 15) is 9.59 Å². The molecule has 1 unspecified atom stereocenters. The average Bonchev–Trinajstić information content (AvgIpc) is 2.52. The second-order valence-corrected chi connectivity index (χ2v) is 6.78. The second kappa shape index (κ2) is 6.21. The van der Waals surface area contributed by atoms with Gasteiger partial charge in [-0.2, -0.15) is 25.3 Å². The molecule has 0 aromatic carbocycles. The molecule has 0 spiro atoms. The molecule has 1 fully saturated rings. The summed E-state index contributed by atoms with van der Waals surface area (Å²) in [6, 6.07) is 0. The molecule has 0 radical (unpaired) electrons. The minimum atomic E-state index is -0.251. The maximum absolute atomic E-state index is 11.4. The van der Waals surface area contributed by atoms with Crippen molar-refractivity contribution in [3.05, 3.63) is 0 Å². The molecular weight excluding hydrogens is 262 g/mol. The minimum Gasteiger partial charge on any atom is -0.295 e. The maximum Gasteiger partial charge on any atom is 0.240 e. The van der Waals surface area contributed by atoms with Gasteiger partial charge in [0.15, 0.2) is 0 Å². The lowest BCUT2D eigenvalue weighted by Gasteiger charge is -2.25. The number of carbonyl (C=O) groups excluding carboxylic acids is 2. The predicted molar refractivity (Wildman–Crippen MR) is 74.4 cm³/mol. The number of imide groups is 1. The van der Waals surface area contributed by atoms with Crippen LogP contribution >= 0.6 is 37.0 Å².